The minimum atomic E-state index is 0.0564. The summed E-state index contributed by atoms with van der Waals surface area (Å²) in [6.45, 7) is 2.24. The van der Waals surface area contributed by atoms with Crippen LogP contribution in [0.1, 0.15) is 11.1 Å². The summed E-state index contributed by atoms with van der Waals surface area (Å²) in [7, 11) is 0. The van der Waals surface area contributed by atoms with E-state index in [-0.39, 0.29) is 6.85 Å². The normalized spacial score (nSPS) is 12.8. The van der Waals surface area contributed by atoms with E-state index < -0.39 is 0 Å². The maximum Gasteiger partial charge on any atom is 0.320 e. The van der Waals surface area contributed by atoms with Crippen molar-refractivity contribution >= 4 is 23.7 Å². The Bertz CT molecular complexity index is 1590. The summed E-state index contributed by atoms with van der Waals surface area (Å²) >= 11 is 0. The molecule has 1 aliphatic heterocycles. The molecule has 0 N–H and O–H groups in total. The zero-order valence-corrected chi connectivity index (χ0v) is 21.4. The molecule has 0 radical (unpaired) electrons. The second-order valence-corrected chi connectivity index (χ2v) is 9.43. The number of aryl methyl sites for hydroxylation is 1. The zero-order valence-electron chi connectivity index (χ0n) is 21.4. The number of anilines is 1. The molecule has 2 nitrogen and oxygen atoms in total. The van der Waals surface area contributed by atoms with Gasteiger partial charge in [-0.25, -0.2) is 0 Å². The van der Waals surface area contributed by atoms with Crippen molar-refractivity contribution in [1.82, 2.24) is 0 Å². The number of ether oxygens (including phenoxy) is 1. The van der Waals surface area contributed by atoms with Crippen LogP contribution in [0.25, 0.3) is 16.8 Å². The Labute approximate surface area is 225 Å². The van der Waals surface area contributed by atoms with Gasteiger partial charge in [0.15, 0.2) is 0 Å². The maximum absolute atomic E-state index is 6.09. The Kier molecular flexibility index (Phi) is 6.65. The number of para-hydroxylation sites is 1. The van der Waals surface area contributed by atoms with E-state index >= 15 is 0 Å². The molecule has 0 bridgehead atoms. The first-order valence-corrected chi connectivity index (χ1v) is 13.0. The second-order valence-electron chi connectivity index (χ2n) is 9.43. The largest absolute Gasteiger partial charge is 0.457 e. The van der Waals surface area contributed by atoms with Gasteiger partial charge >= 0.3 is 6.85 Å². The highest BCUT2D eigenvalue weighted by atomic mass is 16.5. The molecular formula is C35H28BNO. The summed E-state index contributed by atoms with van der Waals surface area (Å²) in [5.41, 5.74) is 8.45. The van der Waals surface area contributed by atoms with Gasteiger partial charge in [0, 0.05) is 16.9 Å². The van der Waals surface area contributed by atoms with E-state index in [1.165, 1.54) is 27.7 Å². The molecule has 3 heteroatoms. The Morgan fingerprint density at radius 1 is 0.579 bits per heavy atom. The van der Waals surface area contributed by atoms with Gasteiger partial charge in [0.25, 0.3) is 0 Å². The first kappa shape index (κ1) is 23.6. The number of nitrogens with zero attached hydrogens (tertiary/aromatic N) is 1. The van der Waals surface area contributed by atoms with Crippen LogP contribution in [0.15, 0.2) is 152 Å². The Balaban J connectivity index is 1.45. The fourth-order valence-corrected chi connectivity index (χ4v) is 5.12. The summed E-state index contributed by atoms with van der Waals surface area (Å²) in [6, 6.07) is 46.3. The first-order chi connectivity index (χ1) is 18.8. The predicted molar refractivity (Wildman–Crippen MR) is 161 cm³/mol. The van der Waals surface area contributed by atoms with Gasteiger partial charge in [0.2, 0.25) is 0 Å². The highest BCUT2D eigenvalue weighted by Crippen LogP contribution is 2.37. The first-order valence-electron chi connectivity index (χ1n) is 13.0. The summed E-state index contributed by atoms with van der Waals surface area (Å²) in [5.74, 6) is 3.93. The number of hydrogen-bond acceptors (Lipinski definition) is 2. The third kappa shape index (κ3) is 4.79. The third-order valence-electron chi connectivity index (χ3n) is 6.97. The molecule has 1 heterocycles. The van der Waals surface area contributed by atoms with Gasteiger partial charge in [-0.2, -0.15) is 0 Å². The van der Waals surface area contributed by atoms with Gasteiger partial charge in [-0.15, -0.1) is 0 Å². The van der Waals surface area contributed by atoms with Crippen LogP contribution < -0.4 is 15.0 Å². The minimum Gasteiger partial charge on any atom is -0.457 e. The molecule has 182 valence electrons. The third-order valence-corrected chi connectivity index (χ3v) is 6.97. The van der Waals surface area contributed by atoms with Crippen molar-refractivity contribution in [2.45, 2.75) is 6.92 Å². The highest BCUT2D eigenvalue weighted by molar-refractivity contribution is 6.83. The number of benzene rings is 5. The molecule has 5 aromatic rings. The molecule has 6 rings (SSSR count). The fourth-order valence-electron chi connectivity index (χ4n) is 5.12. The van der Waals surface area contributed by atoms with E-state index in [4.69, 9.17) is 4.74 Å². The van der Waals surface area contributed by atoms with Crippen molar-refractivity contribution in [3.8, 4) is 22.6 Å². The molecule has 0 atom stereocenters. The predicted octanol–water partition coefficient (Wildman–Crippen LogP) is 8.31. The molecule has 5 aromatic carbocycles. The van der Waals surface area contributed by atoms with Gasteiger partial charge in [-0.3, -0.25) is 0 Å². The topological polar surface area (TPSA) is 12.5 Å². The molecule has 0 saturated carbocycles. The van der Waals surface area contributed by atoms with Crippen LogP contribution in [0.2, 0.25) is 0 Å². The molecule has 0 spiro atoms. The Morgan fingerprint density at radius 2 is 1.18 bits per heavy atom. The average Bonchev–Trinajstić information content (AvgIpc) is 2.98. The van der Waals surface area contributed by atoms with E-state index in [0.717, 1.165) is 22.9 Å². The molecule has 0 aromatic heterocycles. The minimum absolute atomic E-state index is 0.0564. The molecule has 1 aliphatic rings. The van der Waals surface area contributed by atoms with Crippen molar-refractivity contribution in [3.05, 3.63) is 163 Å². The van der Waals surface area contributed by atoms with Crippen molar-refractivity contribution in [1.29, 1.82) is 0 Å². The quantitative estimate of drug-likeness (QED) is 0.223. The molecule has 38 heavy (non-hydrogen) atoms. The Morgan fingerprint density at radius 3 is 1.92 bits per heavy atom. The zero-order chi connectivity index (χ0) is 25.7. The smallest absolute Gasteiger partial charge is 0.320 e. The average molecular weight is 489 g/mol. The van der Waals surface area contributed by atoms with E-state index in [9.17, 15) is 0 Å². The lowest BCUT2D eigenvalue weighted by molar-refractivity contribution is 0.483. The number of allylic oxidation sites excluding steroid dienone is 2. The van der Waals surface area contributed by atoms with E-state index in [1.807, 2.05) is 30.3 Å². The summed E-state index contributed by atoms with van der Waals surface area (Å²) < 4.78 is 6.09. The van der Waals surface area contributed by atoms with Crippen LogP contribution in [0, 0.1) is 6.92 Å². The van der Waals surface area contributed by atoms with Crippen molar-refractivity contribution in [2.24, 2.45) is 0 Å². The standard InChI is InChI=1S/C35H28BNO/c1-27-13-8-11-20-34(27)36-26-12-21-35(33-19-10-9-18-32(33)28-14-4-2-5-15-28)37(36)29-22-24-31(25-23-29)38-30-16-6-3-7-17-30/h2-26H,1H3. The van der Waals surface area contributed by atoms with Crippen LogP contribution in [-0.2, 0) is 0 Å². The van der Waals surface area contributed by atoms with Gasteiger partial charge in [0.05, 0.1) is 0 Å². The SMILES string of the molecule is Cc1ccccc1B1C=CC=C(c2ccccc2-c2ccccc2)N1c1ccc(Oc2ccccc2)cc1. The summed E-state index contributed by atoms with van der Waals surface area (Å²) in [5, 5.41) is 0. The second kappa shape index (κ2) is 10.7. The molecule has 0 aliphatic carbocycles. The van der Waals surface area contributed by atoms with Gasteiger partial charge in [0.1, 0.15) is 11.5 Å². The lowest BCUT2D eigenvalue weighted by Crippen LogP contribution is -2.48. The maximum atomic E-state index is 6.09. The number of hydrogen-bond donors (Lipinski definition) is 0. The van der Waals surface area contributed by atoms with Gasteiger partial charge in [-0.1, -0.05) is 115 Å². The number of rotatable bonds is 6. The van der Waals surface area contributed by atoms with E-state index in [1.54, 1.807) is 0 Å². The van der Waals surface area contributed by atoms with Crippen LogP contribution in [0.3, 0.4) is 0 Å². The molecule has 0 saturated heterocycles. The monoisotopic (exact) mass is 489 g/mol. The summed E-state index contributed by atoms with van der Waals surface area (Å²) in [6.07, 6.45) is 4.42. The molecule has 0 amide bonds. The highest BCUT2D eigenvalue weighted by Gasteiger charge is 2.31. The lowest BCUT2D eigenvalue weighted by Gasteiger charge is -2.36. The van der Waals surface area contributed by atoms with Crippen LogP contribution in [-0.4, -0.2) is 6.85 Å². The van der Waals surface area contributed by atoms with E-state index in [0.29, 0.717) is 0 Å². The van der Waals surface area contributed by atoms with Crippen LogP contribution >= 0.6 is 0 Å². The van der Waals surface area contributed by atoms with E-state index in [2.05, 4.69) is 133 Å². The van der Waals surface area contributed by atoms with Crippen LogP contribution in [0.4, 0.5) is 5.69 Å². The van der Waals surface area contributed by atoms with Crippen molar-refractivity contribution in [2.75, 3.05) is 4.81 Å². The molecular weight excluding hydrogens is 461 g/mol. The molecule has 0 unspecified atom stereocenters. The summed E-state index contributed by atoms with van der Waals surface area (Å²) in [4.78, 5) is 2.44. The van der Waals surface area contributed by atoms with Crippen molar-refractivity contribution < 1.29 is 4.74 Å². The van der Waals surface area contributed by atoms with Crippen molar-refractivity contribution in [3.63, 3.8) is 0 Å². The van der Waals surface area contributed by atoms with Crippen LogP contribution in [0.5, 0.6) is 11.5 Å². The Hall–Kier alpha value is -4.76. The fraction of sp³-hybridized carbons (Fsp3) is 0.0286. The van der Waals surface area contributed by atoms with Gasteiger partial charge in [-0.05, 0) is 66.0 Å². The lowest BCUT2D eigenvalue weighted by atomic mass is 9.51. The van der Waals surface area contributed by atoms with Gasteiger partial charge < -0.3 is 9.55 Å². The molecule has 0 fully saturated rings.